The van der Waals surface area contributed by atoms with E-state index in [1.165, 1.54) is 346 Å². The number of hydrogen-bond donors (Lipinski definition) is 2. The Morgan fingerprint density at radius 1 is 0.314 bits per heavy atom. The van der Waals surface area contributed by atoms with Gasteiger partial charge in [-0.2, -0.15) is 0 Å². The van der Waals surface area contributed by atoms with Crippen LogP contribution in [0.5, 0.6) is 0 Å². The molecule has 2 saturated heterocycles. The van der Waals surface area contributed by atoms with Crippen molar-refractivity contribution in [1.82, 2.24) is 29.7 Å². The number of aromatic amines is 2. The maximum atomic E-state index is 13.7. The fourth-order valence-corrected chi connectivity index (χ4v) is 30.3. The Labute approximate surface area is 886 Å². The van der Waals surface area contributed by atoms with Crippen LogP contribution in [0.1, 0.15) is 476 Å². The molecule has 140 heavy (non-hydrogen) atoms. The van der Waals surface area contributed by atoms with E-state index in [4.69, 9.17) is 34.4 Å². The van der Waals surface area contributed by atoms with Gasteiger partial charge in [0.2, 0.25) is 0 Å². The highest BCUT2D eigenvalue weighted by molar-refractivity contribution is 8.27. The smallest absolute Gasteiger partial charge is 0.266 e. The van der Waals surface area contributed by atoms with Crippen molar-refractivity contribution in [3.05, 3.63) is 169 Å². The van der Waals surface area contributed by atoms with Crippen molar-refractivity contribution in [1.29, 1.82) is 0 Å². The third-order valence-electron chi connectivity index (χ3n) is 28.4. The molecule has 0 aliphatic carbocycles. The molecule has 2 amide bonds. The summed E-state index contributed by atoms with van der Waals surface area (Å²) in [6, 6.07) is 28.6. The highest BCUT2D eigenvalue weighted by Gasteiger charge is 2.34. The lowest BCUT2D eigenvalue weighted by Crippen LogP contribution is -2.27. The number of hydrogen-bond acceptors (Lipinski definition) is 14. The van der Waals surface area contributed by atoms with Crippen molar-refractivity contribution in [3.8, 4) is 62.7 Å². The molecule has 2 atom stereocenters. The molecule has 4 aliphatic rings. The summed E-state index contributed by atoms with van der Waals surface area (Å²) >= 11 is 25.5. The molecule has 750 valence electrons. The molecule has 0 aromatic carbocycles. The lowest BCUT2D eigenvalue weighted by Gasteiger charge is -2.19. The number of nitrogens with zero attached hydrogens (tertiary/aromatic N) is 4. The number of thiophene rings is 6. The van der Waals surface area contributed by atoms with Crippen LogP contribution in [0.25, 0.3) is 97.5 Å². The van der Waals surface area contributed by atoms with E-state index in [0.29, 0.717) is 31.5 Å². The van der Waals surface area contributed by atoms with Crippen LogP contribution in [0.4, 0.5) is 0 Å². The molecule has 0 saturated carbocycles. The highest BCUT2D eigenvalue weighted by Crippen LogP contribution is 2.50. The average molecular weight is 2060 g/mol. The van der Waals surface area contributed by atoms with Gasteiger partial charge in [-0.15, -0.1) is 68.0 Å². The molecule has 0 radical (unpaired) electrons. The lowest BCUT2D eigenvalue weighted by molar-refractivity contribution is -0.122. The zero-order valence-corrected chi connectivity index (χ0v) is 94.6. The molecule has 8 bridgehead atoms. The van der Waals surface area contributed by atoms with Gasteiger partial charge in [-0.25, -0.2) is 9.97 Å². The first kappa shape index (κ1) is 110. The molecule has 18 heteroatoms. The molecule has 2 unspecified atom stereocenters. The van der Waals surface area contributed by atoms with Crippen LogP contribution in [0.2, 0.25) is 0 Å². The lowest BCUT2D eigenvalue weighted by atomic mass is 9.86. The summed E-state index contributed by atoms with van der Waals surface area (Å²) in [5.41, 5.74) is 18.0. The molecular weight excluding hydrogens is 1900 g/mol. The largest absolute Gasteiger partial charge is 0.354 e. The van der Waals surface area contributed by atoms with Gasteiger partial charge in [0.05, 0.1) is 64.5 Å². The number of thioether (sulfide) groups is 2. The summed E-state index contributed by atoms with van der Waals surface area (Å²) in [7, 11) is 0. The molecule has 9 aromatic heterocycles. The number of carbonyl (C=O) groups is 2. The quantitative estimate of drug-likeness (QED) is 0.0168. The third kappa shape index (κ3) is 31.6. The van der Waals surface area contributed by atoms with E-state index in [9.17, 15) is 9.59 Å². The van der Waals surface area contributed by atoms with E-state index in [0.717, 1.165) is 159 Å². The Hall–Kier alpha value is -6.78. The number of unbranched alkanes of at least 4 members (excludes halogenated alkanes) is 36. The summed E-state index contributed by atoms with van der Waals surface area (Å²) in [6.45, 7) is 23.7. The standard InChI is InChI=1S/C122H160N6O2S10/c1-11-21-29-37-41-43-47-55-59-87(57-53-45-39-31-23-13-3)113-103-73-69-99(123-103)97(67-65-93-81-89(61-49-33-25-15-5)115(133-93)107-77-79-109(137-107)117-91(63-51-35-27-17-7)83-95(135-117)85-111-119(129)127(19-9)121(131)139-111)101-71-75-105(125-101)114(88(58-54-46-40-32-24-14-4)60-56-48-44-42-38-30-22-12-2)106-76-72-102(126-106)98(100-70-74-104(113)124-100)68-66-94-82-90(62-50-34-26-16-6)116(134-94)108-78-80-110(138-108)118-92(64-52-36-28-18-8)84-96(136-118)86-112-120(130)128(20-10)122(132)140-112/h69-88,123-124H,11-64H2,1-10H3/b99-97?,100-98?,101-97?,102-98?,111-85+,112-86+,113-103?,113-104?,114-105?,114-106?. The first-order valence-corrected chi connectivity index (χ1v) is 62.5. The zero-order valence-electron chi connectivity index (χ0n) is 86.4. The van der Waals surface area contributed by atoms with Crippen LogP contribution in [0.15, 0.2) is 82.6 Å². The zero-order chi connectivity index (χ0) is 98.2. The Bertz CT molecular complexity index is 5630. The SMILES string of the molecule is CCCCCCCCCCC(CCCCCCCC)c1c2nc(c(C#Cc3cc(CCCCCC)c(-c4ccc(-c5sc(/C=C6/SC(=S)N(CC)C6=O)cc5CCCCCC)s4)s3)c3ccc([nH]3)c(C(CCCCCCCC)CCCCCCCCCC)c3ccc([nH]3)c(C#Cc3cc(CCCCCC)c(-c4ccc(-c5sc(/C=C6/SC(=S)N(CC)C6=O)cc5CCCCCC)s4)s3)c3nc1C=C3)C=C2. The molecule has 13 heterocycles. The molecular formula is C122H160N6O2S10. The molecule has 8 nitrogen and oxygen atoms in total. The molecule has 13 rings (SSSR count). The van der Waals surface area contributed by atoms with Gasteiger partial charge in [-0.05, 0) is 234 Å². The number of fused-ring (bicyclic) bond motifs is 8. The Balaban J connectivity index is 0.991. The van der Waals surface area contributed by atoms with Crippen LogP contribution in [-0.2, 0) is 35.3 Å². The Morgan fingerprint density at radius 3 is 0.907 bits per heavy atom. The summed E-state index contributed by atoms with van der Waals surface area (Å²) < 4.78 is 1.28. The fourth-order valence-electron chi connectivity index (χ4n) is 20.4. The topological polar surface area (TPSA) is 98.0 Å². The van der Waals surface area contributed by atoms with E-state index in [-0.39, 0.29) is 23.7 Å². The van der Waals surface area contributed by atoms with Gasteiger partial charge in [-0.3, -0.25) is 19.4 Å². The number of rotatable bonds is 62. The van der Waals surface area contributed by atoms with Gasteiger partial charge in [0.25, 0.3) is 11.8 Å². The molecule has 4 aliphatic heterocycles. The summed E-state index contributed by atoms with van der Waals surface area (Å²) in [6.07, 6.45) is 76.3. The van der Waals surface area contributed by atoms with E-state index in [1.54, 1.807) is 9.80 Å². The number of aromatic nitrogens is 4. The number of thiocarbonyl (C=S) groups is 2. The number of nitrogens with one attached hydrogen (secondary N) is 2. The number of H-pyrrole nitrogens is 2. The van der Waals surface area contributed by atoms with Crippen molar-refractivity contribution in [2.75, 3.05) is 13.1 Å². The second-order valence-electron chi connectivity index (χ2n) is 39.5. The number of carbonyl (C=O) groups excluding carboxylic acids is 2. The van der Waals surface area contributed by atoms with E-state index < -0.39 is 0 Å². The van der Waals surface area contributed by atoms with E-state index in [2.05, 4.69) is 198 Å². The molecule has 2 N–H and O–H groups in total. The van der Waals surface area contributed by atoms with Crippen LogP contribution < -0.4 is 0 Å². The molecule has 9 aromatic rings. The summed E-state index contributed by atoms with van der Waals surface area (Å²) in [4.78, 5) is 67.6. The van der Waals surface area contributed by atoms with Gasteiger partial charge in [0.1, 0.15) is 8.64 Å². The van der Waals surface area contributed by atoms with Crippen molar-refractivity contribution in [3.63, 3.8) is 0 Å². The van der Waals surface area contributed by atoms with Gasteiger partial charge in [0.15, 0.2) is 0 Å². The fraction of sp³-hybridized carbons (Fsp3) is 0.541. The van der Waals surface area contributed by atoms with Crippen LogP contribution in [-0.4, -0.2) is 63.3 Å². The molecule has 0 spiro atoms. The Kier molecular flexibility index (Phi) is 47.1. The minimum Gasteiger partial charge on any atom is -0.354 e. The van der Waals surface area contributed by atoms with Gasteiger partial charge < -0.3 is 9.97 Å². The average Bonchev–Trinajstić information content (AvgIpc) is 1.62. The van der Waals surface area contributed by atoms with Gasteiger partial charge in [-0.1, -0.05) is 384 Å². The van der Waals surface area contributed by atoms with E-state index >= 15 is 0 Å². The Morgan fingerprint density at radius 2 is 0.593 bits per heavy atom. The van der Waals surface area contributed by atoms with Crippen molar-refractivity contribution in [2.24, 2.45) is 0 Å². The predicted molar refractivity (Wildman–Crippen MR) is 631 cm³/mol. The highest BCUT2D eigenvalue weighted by atomic mass is 32.2. The van der Waals surface area contributed by atoms with Crippen molar-refractivity contribution >= 4 is 195 Å². The second kappa shape index (κ2) is 59.7. The van der Waals surface area contributed by atoms with Gasteiger partial charge in [0, 0.05) is 84.0 Å². The summed E-state index contributed by atoms with van der Waals surface area (Å²) in [5.74, 6) is 16.5. The van der Waals surface area contributed by atoms with Crippen molar-refractivity contribution in [2.45, 2.75) is 415 Å². The van der Waals surface area contributed by atoms with E-state index in [1.807, 2.05) is 81.9 Å². The second-order valence-corrected chi connectivity index (χ2v) is 49.3. The molecule has 2 fully saturated rings. The maximum absolute atomic E-state index is 13.7. The van der Waals surface area contributed by atoms with Crippen LogP contribution in [0, 0.1) is 23.7 Å². The minimum absolute atomic E-state index is 0.0143. The third-order valence-corrected chi connectivity index (χ3v) is 38.5. The van der Waals surface area contributed by atoms with Crippen LogP contribution >= 0.6 is 116 Å². The normalized spacial score (nSPS) is 14.2. The monoisotopic (exact) mass is 2060 g/mol. The predicted octanol–water partition coefficient (Wildman–Crippen LogP) is 40.2. The summed E-state index contributed by atoms with van der Waals surface area (Å²) in [5, 5.41) is 0. The maximum Gasteiger partial charge on any atom is 0.266 e. The first-order chi connectivity index (χ1) is 68.7. The number of likely N-dealkylation sites (N-methyl/N-ethyl adjacent to an activating group) is 2. The number of aryl methyl sites for hydroxylation is 4. The van der Waals surface area contributed by atoms with Crippen molar-refractivity contribution < 1.29 is 9.59 Å². The van der Waals surface area contributed by atoms with Gasteiger partial charge >= 0.3 is 0 Å². The van der Waals surface area contributed by atoms with Crippen LogP contribution in [0.3, 0.4) is 0 Å². The number of amides is 2. The minimum atomic E-state index is 0.0143. The first-order valence-electron chi connectivity index (χ1n) is 55.1.